The minimum Gasteiger partial charge on any atom is -0.436 e. The summed E-state index contributed by atoms with van der Waals surface area (Å²) in [5.74, 6) is 1.07. The van der Waals surface area contributed by atoms with E-state index in [9.17, 15) is 0 Å². The first kappa shape index (κ1) is 18.1. The molecule has 3 aromatic carbocycles. The summed E-state index contributed by atoms with van der Waals surface area (Å²) in [5, 5.41) is 8.40. The Balaban J connectivity index is 1.72. The largest absolute Gasteiger partial charge is 0.436 e. The van der Waals surface area contributed by atoms with Gasteiger partial charge in [-0.05, 0) is 24.3 Å². The molecule has 0 spiro atoms. The Kier molecular flexibility index (Phi) is 4.53. The van der Waals surface area contributed by atoms with Crippen molar-refractivity contribution in [2.75, 3.05) is 5.73 Å². The van der Waals surface area contributed by atoms with Gasteiger partial charge in [0.2, 0.25) is 0 Å². The van der Waals surface area contributed by atoms with E-state index in [0.717, 1.165) is 22.0 Å². The first-order valence-electron chi connectivity index (χ1n) is 9.28. The Morgan fingerprint density at radius 1 is 0.833 bits per heavy atom. The van der Waals surface area contributed by atoms with Gasteiger partial charge in [0, 0.05) is 16.5 Å². The lowest BCUT2D eigenvalue weighted by Gasteiger charge is -2.14. The summed E-state index contributed by atoms with van der Waals surface area (Å²) in [5.41, 5.74) is 9.93. The lowest BCUT2D eigenvalue weighted by molar-refractivity contribution is 0.464. The van der Waals surface area contributed by atoms with E-state index in [2.05, 4.69) is 15.2 Å². The summed E-state index contributed by atoms with van der Waals surface area (Å²) in [6, 6.07) is 22.9. The van der Waals surface area contributed by atoms with Crippen molar-refractivity contribution in [1.29, 1.82) is 0 Å². The van der Waals surface area contributed by atoms with Crippen molar-refractivity contribution in [2.24, 2.45) is 0 Å². The maximum atomic E-state index is 6.48. The zero-order chi connectivity index (χ0) is 20.5. The van der Waals surface area contributed by atoms with Crippen LogP contribution < -0.4 is 10.5 Å². The number of fused-ring (bicyclic) bond motifs is 1. The fourth-order valence-electron chi connectivity index (χ4n) is 3.26. The molecule has 5 aromatic rings. The van der Waals surface area contributed by atoms with Crippen molar-refractivity contribution < 1.29 is 4.74 Å². The van der Waals surface area contributed by atoms with E-state index in [1.807, 2.05) is 72.8 Å². The Morgan fingerprint density at radius 2 is 1.53 bits per heavy atom. The molecular weight excluding hydrogens is 398 g/mol. The van der Waals surface area contributed by atoms with Crippen LogP contribution in [0.5, 0.6) is 11.6 Å². The first-order chi connectivity index (χ1) is 14.7. The molecular formula is C23H16ClN5O. The maximum absolute atomic E-state index is 6.48. The van der Waals surface area contributed by atoms with Gasteiger partial charge < -0.3 is 10.5 Å². The van der Waals surface area contributed by atoms with Gasteiger partial charge in [-0.2, -0.15) is 5.10 Å². The van der Waals surface area contributed by atoms with Crippen LogP contribution in [0.15, 0.2) is 79.0 Å². The van der Waals surface area contributed by atoms with Gasteiger partial charge in [0.05, 0.1) is 22.4 Å². The number of anilines is 1. The second kappa shape index (κ2) is 7.50. The zero-order valence-electron chi connectivity index (χ0n) is 15.7. The lowest BCUT2D eigenvalue weighted by atomic mass is 10.0. The molecule has 146 valence electrons. The molecule has 0 aliphatic carbocycles. The Morgan fingerprint density at radius 3 is 2.30 bits per heavy atom. The molecule has 2 aromatic heterocycles. The lowest BCUT2D eigenvalue weighted by Crippen LogP contribution is -2.03. The van der Waals surface area contributed by atoms with E-state index in [1.54, 1.807) is 6.20 Å². The molecule has 0 fully saturated rings. The van der Waals surface area contributed by atoms with E-state index in [-0.39, 0.29) is 11.7 Å². The number of nitrogens with zero attached hydrogens (tertiary/aromatic N) is 3. The topological polar surface area (TPSA) is 89.7 Å². The molecule has 0 aliphatic heterocycles. The van der Waals surface area contributed by atoms with Crippen molar-refractivity contribution in [3.63, 3.8) is 0 Å². The molecule has 0 amide bonds. The van der Waals surface area contributed by atoms with Gasteiger partial charge in [-0.25, -0.2) is 9.97 Å². The number of aromatic amines is 1. The number of nitrogen functional groups attached to an aromatic ring is 1. The standard InChI is InChI=1S/C23H16ClN5O/c24-18-12-15(11-16-13-26-29-19(16)18)21-20(14-7-3-1-4-8-14)27-22(25)23(28-21)30-17-9-5-2-6-10-17/h1-13H,(H2,25,27)(H,26,29). The molecule has 0 saturated carbocycles. The zero-order valence-corrected chi connectivity index (χ0v) is 16.5. The summed E-state index contributed by atoms with van der Waals surface area (Å²) >= 11 is 6.48. The molecule has 6 nitrogen and oxygen atoms in total. The number of aromatic nitrogens is 4. The van der Waals surface area contributed by atoms with Crippen LogP contribution in [0.2, 0.25) is 5.02 Å². The molecule has 5 rings (SSSR count). The summed E-state index contributed by atoms with van der Waals surface area (Å²) in [7, 11) is 0. The van der Waals surface area contributed by atoms with Crippen LogP contribution in [-0.4, -0.2) is 20.2 Å². The number of nitrogens with one attached hydrogen (secondary N) is 1. The van der Waals surface area contributed by atoms with E-state index in [4.69, 9.17) is 27.1 Å². The highest BCUT2D eigenvalue weighted by molar-refractivity contribution is 6.35. The number of rotatable bonds is 4. The summed E-state index contributed by atoms with van der Waals surface area (Å²) in [6.45, 7) is 0. The number of para-hydroxylation sites is 1. The minimum atomic E-state index is 0.206. The highest BCUT2D eigenvalue weighted by Crippen LogP contribution is 2.37. The van der Waals surface area contributed by atoms with Gasteiger partial charge in [-0.3, -0.25) is 5.10 Å². The van der Waals surface area contributed by atoms with Crippen LogP contribution in [0, 0.1) is 0 Å². The molecule has 0 bridgehead atoms. The smallest absolute Gasteiger partial charge is 0.263 e. The van der Waals surface area contributed by atoms with Crippen LogP contribution in [0.1, 0.15) is 0 Å². The number of H-pyrrole nitrogens is 1. The summed E-state index contributed by atoms with van der Waals surface area (Å²) < 4.78 is 5.91. The van der Waals surface area contributed by atoms with Crippen molar-refractivity contribution in [3.8, 4) is 34.1 Å². The van der Waals surface area contributed by atoms with E-state index >= 15 is 0 Å². The number of hydrogen-bond acceptors (Lipinski definition) is 5. The maximum Gasteiger partial charge on any atom is 0.263 e. The normalized spacial score (nSPS) is 11.0. The van der Waals surface area contributed by atoms with Gasteiger partial charge in [0.25, 0.3) is 5.88 Å². The molecule has 0 atom stereocenters. The van der Waals surface area contributed by atoms with Gasteiger partial charge in [0.15, 0.2) is 5.82 Å². The number of nitrogens with two attached hydrogens (primary N) is 1. The fourth-order valence-corrected chi connectivity index (χ4v) is 3.53. The molecule has 3 N–H and O–H groups in total. The van der Waals surface area contributed by atoms with Gasteiger partial charge >= 0.3 is 0 Å². The quantitative estimate of drug-likeness (QED) is 0.393. The fraction of sp³-hybridized carbons (Fsp3) is 0. The van der Waals surface area contributed by atoms with Crippen molar-refractivity contribution in [3.05, 3.63) is 84.0 Å². The third-order valence-corrected chi connectivity index (χ3v) is 4.97. The van der Waals surface area contributed by atoms with Crippen LogP contribution in [-0.2, 0) is 0 Å². The average Bonchev–Trinajstić information content (AvgIpc) is 3.26. The second-order valence-electron chi connectivity index (χ2n) is 6.68. The highest BCUT2D eigenvalue weighted by atomic mass is 35.5. The molecule has 0 unspecified atom stereocenters. The highest BCUT2D eigenvalue weighted by Gasteiger charge is 2.18. The van der Waals surface area contributed by atoms with Crippen LogP contribution in [0.4, 0.5) is 5.82 Å². The predicted octanol–water partition coefficient (Wildman–Crippen LogP) is 5.71. The summed E-state index contributed by atoms with van der Waals surface area (Å²) in [6.07, 6.45) is 1.72. The van der Waals surface area contributed by atoms with Crippen molar-refractivity contribution in [1.82, 2.24) is 20.2 Å². The van der Waals surface area contributed by atoms with Crippen LogP contribution in [0.25, 0.3) is 33.4 Å². The number of halogens is 1. The predicted molar refractivity (Wildman–Crippen MR) is 118 cm³/mol. The van der Waals surface area contributed by atoms with Gasteiger partial charge in [-0.15, -0.1) is 0 Å². The van der Waals surface area contributed by atoms with Gasteiger partial charge in [0.1, 0.15) is 11.4 Å². The monoisotopic (exact) mass is 413 g/mol. The number of benzene rings is 3. The van der Waals surface area contributed by atoms with Crippen molar-refractivity contribution in [2.45, 2.75) is 0 Å². The Labute approximate surface area is 177 Å². The molecule has 30 heavy (non-hydrogen) atoms. The van der Waals surface area contributed by atoms with E-state index in [0.29, 0.717) is 22.2 Å². The Hall–Kier alpha value is -3.90. The SMILES string of the molecule is Nc1nc(-c2ccccc2)c(-c2cc(Cl)c3[nH]ncc3c2)nc1Oc1ccccc1. The Bertz CT molecular complexity index is 1340. The third kappa shape index (κ3) is 3.33. The number of hydrogen-bond donors (Lipinski definition) is 2. The molecule has 0 aliphatic rings. The van der Waals surface area contributed by atoms with Crippen LogP contribution >= 0.6 is 11.6 Å². The van der Waals surface area contributed by atoms with Gasteiger partial charge in [-0.1, -0.05) is 60.1 Å². The minimum absolute atomic E-state index is 0.206. The van der Waals surface area contributed by atoms with E-state index in [1.165, 1.54) is 0 Å². The molecule has 0 radical (unpaired) electrons. The van der Waals surface area contributed by atoms with E-state index < -0.39 is 0 Å². The molecule has 2 heterocycles. The first-order valence-corrected chi connectivity index (χ1v) is 9.65. The summed E-state index contributed by atoms with van der Waals surface area (Å²) in [4.78, 5) is 9.38. The molecule has 0 saturated heterocycles. The van der Waals surface area contributed by atoms with Crippen LogP contribution in [0.3, 0.4) is 0 Å². The second-order valence-corrected chi connectivity index (χ2v) is 7.09. The number of ether oxygens (including phenoxy) is 1. The average molecular weight is 414 g/mol. The third-order valence-electron chi connectivity index (χ3n) is 4.67. The molecule has 7 heteroatoms. The van der Waals surface area contributed by atoms with Crippen molar-refractivity contribution >= 4 is 28.3 Å².